The summed E-state index contributed by atoms with van der Waals surface area (Å²) >= 11 is 0. The molecule has 3 rings (SSSR count). The second-order valence-electron chi connectivity index (χ2n) is 5.52. The van der Waals surface area contributed by atoms with Gasteiger partial charge in [-0.3, -0.25) is 4.90 Å². The molecule has 1 aliphatic carbocycles. The average molecular weight is 283 g/mol. The smallest absolute Gasteiger partial charge is 0.0667 e. The van der Waals surface area contributed by atoms with E-state index in [0.29, 0.717) is 0 Å². The quantitative estimate of drug-likeness (QED) is 0.761. The maximum atomic E-state index is 9.72. The lowest BCUT2D eigenvalue weighted by atomic mass is 9.95. The van der Waals surface area contributed by atoms with Crippen molar-refractivity contribution in [3.05, 3.63) is 0 Å². The van der Waals surface area contributed by atoms with Gasteiger partial charge in [0.05, 0.1) is 6.10 Å². The first kappa shape index (κ1) is 15.5. The number of hydrogen-bond acceptors (Lipinski definition) is 3. The summed E-state index contributed by atoms with van der Waals surface area (Å²) in [6, 6.07) is 0.764. The summed E-state index contributed by atoms with van der Waals surface area (Å²) in [7, 11) is 0. The zero-order valence-electron chi connectivity index (χ0n) is 10.2. The van der Waals surface area contributed by atoms with Gasteiger partial charge < -0.3 is 10.4 Å². The lowest BCUT2D eigenvalue weighted by Crippen LogP contribution is -2.47. The van der Waals surface area contributed by atoms with Crippen molar-refractivity contribution >= 4 is 24.8 Å². The molecule has 2 heterocycles. The average Bonchev–Trinajstić information content (AvgIpc) is 2.77. The van der Waals surface area contributed by atoms with Crippen LogP contribution >= 0.6 is 24.8 Å². The SMILES string of the molecule is Cl.Cl.OC1CCCN(C2CCC3CNCC32)C1. The predicted molar refractivity (Wildman–Crippen MR) is 74.2 cm³/mol. The van der Waals surface area contributed by atoms with Crippen molar-refractivity contribution < 1.29 is 5.11 Å². The van der Waals surface area contributed by atoms with Crippen LogP contribution in [0.4, 0.5) is 0 Å². The molecule has 3 fully saturated rings. The van der Waals surface area contributed by atoms with E-state index in [1.165, 1.54) is 38.9 Å². The Morgan fingerprint density at radius 2 is 1.88 bits per heavy atom. The van der Waals surface area contributed by atoms with Crippen LogP contribution in [0.2, 0.25) is 0 Å². The molecule has 0 radical (unpaired) electrons. The highest BCUT2D eigenvalue weighted by Gasteiger charge is 2.42. The molecule has 1 saturated carbocycles. The molecular weight excluding hydrogens is 259 g/mol. The molecule has 2 N–H and O–H groups in total. The van der Waals surface area contributed by atoms with Crippen molar-refractivity contribution in [2.75, 3.05) is 26.2 Å². The second kappa shape index (κ2) is 6.58. The van der Waals surface area contributed by atoms with Gasteiger partial charge in [0.25, 0.3) is 0 Å². The highest BCUT2D eigenvalue weighted by atomic mass is 35.5. The van der Waals surface area contributed by atoms with Gasteiger partial charge in [-0.05, 0) is 57.2 Å². The van der Waals surface area contributed by atoms with E-state index in [2.05, 4.69) is 10.2 Å². The van der Waals surface area contributed by atoms with Crippen molar-refractivity contribution in [3.8, 4) is 0 Å². The molecule has 0 aromatic carbocycles. The molecule has 0 amide bonds. The van der Waals surface area contributed by atoms with Crippen LogP contribution in [0.15, 0.2) is 0 Å². The lowest BCUT2D eigenvalue weighted by Gasteiger charge is -2.37. The fraction of sp³-hybridized carbons (Fsp3) is 1.00. The van der Waals surface area contributed by atoms with Gasteiger partial charge in [0.2, 0.25) is 0 Å². The highest BCUT2D eigenvalue weighted by Crippen LogP contribution is 2.38. The summed E-state index contributed by atoms with van der Waals surface area (Å²) < 4.78 is 0. The molecule has 2 aliphatic heterocycles. The summed E-state index contributed by atoms with van der Waals surface area (Å²) in [5, 5.41) is 13.2. The number of nitrogens with zero attached hydrogens (tertiary/aromatic N) is 1. The summed E-state index contributed by atoms with van der Waals surface area (Å²) in [5.74, 6) is 1.80. The topological polar surface area (TPSA) is 35.5 Å². The Balaban J connectivity index is 0.000000722. The van der Waals surface area contributed by atoms with Gasteiger partial charge in [-0.1, -0.05) is 0 Å². The van der Waals surface area contributed by atoms with Crippen molar-refractivity contribution in [3.63, 3.8) is 0 Å². The maximum absolute atomic E-state index is 9.72. The third-order valence-corrected chi connectivity index (χ3v) is 4.62. The van der Waals surface area contributed by atoms with E-state index in [4.69, 9.17) is 0 Å². The number of β-amino-alcohol motifs (C(OH)–C–C–N with tert-alkyl or cyclic N) is 1. The first-order chi connectivity index (χ1) is 7.34. The monoisotopic (exact) mass is 282 g/mol. The van der Waals surface area contributed by atoms with Crippen LogP contribution in [-0.4, -0.2) is 48.3 Å². The van der Waals surface area contributed by atoms with Gasteiger partial charge in [-0.25, -0.2) is 0 Å². The molecule has 0 aromatic heterocycles. The molecule has 17 heavy (non-hydrogen) atoms. The summed E-state index contributed by atoms with van der Waals surface area (Å²) in [6.07, 6.45) is 4.89. The van der Waals surface area contributed by atoms with Gasteiger partial charge in [-0.15, -0.1) is 24.8 Å². The first-order valence-electron chi connectivity index (χ1n) is 6.47. The maximum Gasteiger partial charge on any atom is 0.0667 e. The number of likely N-dealkylation sites (tertiary alicyclic amines) is 1. The van der Waals surface area contributed by atoms with E-state index < -0.39 is 0 Å². The number of halogens is 2. The van der Waals surface area contributed by atoms with Crippen molar-refractivity contribution in [1.82, 2.24) is 10.2 Å². The number of aliphatic hydroxyl groups is 1. The third kappa shape index (κ3) is 3.07. The largest absolute Gasteiger partial charge is 0.392 e. The van der Waals surface area contributed by atoms with Gasteiger partial charge in [0, 0.05) is 12.6 Å². The number of rotatable bonds is 1. The van der Waals surface area contributed by atoms with Crippen LogP contribution in [-0.2, 0) is 0 Å². The Morgan fingerprint density at radius 1 is 1.06 bits per heavy atom. The fourth-order valence-corrected chi connectivity index (χ4v) is 3.86. The van der Waals surface area contributed by atoms with Crippen molar-refractivity contribution in [2.45, 2.75) is 37.8 Å². The second-order valence-corrected chi connectivity index (χ2v) is 5.52. The van der Waals surface area contributed by atoms with E-state index in [1.54, 1.807) is 0 Å². The first-order valence-corrected chi connectivity index (χ1v) is 6.47. The molecular formula is C12H24Cl2N2O. The minimum absolute atomic E-state index is 0. The molecule has 3 nitrogen and oxygen atoms in total. The Kier molecular flexibility index (Phi) is 6.00. The van der Waals surface area contributed by atoms with Crippen LogP contribution in [0.1, 0.15) is 25.7 Å². The third-order valence-electron chi connectivity index (χ3n) is 4.62. The van der Waals surface area contributed by atoms with Crippen LogP contribution in [0.3, 0.4) is 0 Å². The molecule has 5 heteroatoms. The zero-order chi connectivity index (χ0) is 10.3. The summed E-state index contributed by atoms with van der Waals surface area (Å²) in [4.78, 5) is 2.56. The highest BCUT2D eigenvalue weighted by molar-refractivity contribution is 5.85. The van der Waals surface area contributed by atoms with E-state index in [0.717, 1.165) is 30.8 Å². The van der Waals surface area contributed by atoms with E-state index in [-0.39, 0.29) is 30.9 Å². The molecule has 102 valence electrons. The van der Waals surface area contributed by atoms with E-state index in [9.17, 15) is 5.11 Å². The normalized spacial score (nSPS) is 41.5. The molecule has 0 bridgehead atoms. The van der Waals surface area contributed by atoms with Crippen LogP contribution in [0, 0.1) is 11.8 Å². The van der Waals surface area contributed by atoms with E-state index >= 15 is 0 Å². The van der Waals surface area contributed by atoms with Crippen LogP contribution < -0.4 is 5.32 Å². The number of piperidine rings is 1. The minimum atomic E-state index is -0.0628. The van der Waals surface area contributed by atoms with Gasteiger partial charge in [0.1, 0.15) is 0 Å². The van der Waals surface area contributed by atoms with Gasteiger partial charge in [-0.2, -0.15) is 0 Å². The van der Waals surface area contributed by atoms with Crippen LogP contribution in [0.5, 0.6) is 0 Å². The standard InChI is InChI=1S/C12H22N2O.2ClH/c15-10-2-1-5-14(8-10)12-4-3-9-6-13-7-11(9)12;;/h9-13,15H,1-8H2;2*1H. The Labute approximate surface area is 116 Å². The molecule has 4 atom stereocenters. The molecule has 3 aliphatic rings. The lowest BCUT2D eigenvalue weighted by molar-refractivity contribution is 0.0361. The number of aliphatic hydroxyl groups excluding tert-OH is 1. The fourth-order valence-electron chi connectivity index (χ4n) is 3.86. The van der Waals surface area contributed by atoms with Crippen LogP contribution in [0.25, 0.3) is 0 Å². The minimum Gasteiger partial charge on any atom is -0.392 e. The van der Waals surface area contributed by atoms with Gasteiger partial charge in [0.15, 0.2) is 0 Å². The van der Waals surface area contributed by atoms with Crippen molar-refractivity contribution in [1.29, 1.82) is 0 Å². The van der Waals surface area contributed by atoms with Gasteiger partial charge >= 0.3 is 0 Å². The Morgan fingerprint density at radius 3 is 2.65 bits per heavy atom. The summed E-state index contributed by atoms with van der Waals surface area (Å²) in [6.45, 7) is 4.58. The molecule has 4 unspecified atom stereocenters. The number of nitrogens with one attached hydrogen (secondary N) is 1. The molecule has 0 spiro atoms. The molecule has 0 aromatic rings. The van der Waals surface area contributed by atoms with E-state index in [1.807, 2.05) is 0 Å². The molecule has 2 saturated heterocycles. The zero-order valence-corrected chi connectivity index (χ0v) is 11.8. The van der Waals surface area contributed by atoms with Crippen molar-refractivity contribution in [2.24, 2.45) is 11.8 Å². The summed E-state index contributed by atoms with van der Waals surface area (Å²) in [5.41, 5.74) is 0. The number of hydrogen-bond donors (Lipinski definition) is 2. The Hall–Kier alpha value is 0.460. The Bertz CT molecular complexity index is 243. The number of fused-ring (bicyclic) bond motifs is 1. The predicted octanol–water partition coefficient (Wildman–Crippen LogP) is 1.28.